The summed E-state index contributed by atoms with van der Waals surface area (Å²) in [4.78, 5) is 21.0. The SMILES string of the molecule is Cc1cc(-c2ccccc2)nc(SCc2cc(=O)oc3cc(O)ccc23)n1. The molecule has 0 unspecified atom stereocenters. The van der Waals surface area contributed by atoms with Crippen LogP contribution in [0.1, 0.15) is 11.3 Å². The first-order valence-corrected chi connectivity index (χ1v) is 9.37. The monoisotopic (exact) mass is 376 g/mol. The molecule has 0 saturated heterocycles. The molecule has 0 aliphatic heterocycles. The van der Waals surface area contributed by atoms with E-state index in [0.717, 1.165) is 27.9 Å². The second kappa shape index (κ2) is 7.25. The lowest BCUT2D eigenvalue weighted by Crippen LogP contribution is -2.00. The highest BCUT2D eigenvalue weighted by Gasteiger charge is 2.10. The topological polar surface area (TPSA) is 76.2 Å². The Bertz CT molecular complexity index is 1170. The molecule has 4 aromatic rings. The normalized spacial score (nSPS) is 11.0. The summed E-state index contributed by atoms with van der Waals surface area (Å²) in [5.41, 5.74) is 3.53. The van der Waals surface area contributed by atoms with Gasteiger partial charge in [-0.05, 0) is 30.7 Å². The number of thioether (sulfide) groups is 1. The van der Waals surface area contributed by atoms with Crippen LogP contribution in [0.25, 0.3) is 22.2 Å². The van der Waals surface area contributed by atoms with Crippen LogP contribution >= 0.6 is 11.8 Å². The average molecular weight is 376 g/mol. The molecule has 0 atom stereocenters. The number of fused-ring (bicyclic) bond motifs is 1. The van der Waals surface area contributed by atoms with Crippen molar-refractivity contribution in [3.05, 3.63) is 82.3 Å². The van der Waals surface area contributed by atoms with Gasteiger partial charge in [-0.1, -0.05) is 42.1 Å². The van der Waals surface area contributed by atoms with Gasteiger partial charge in [0.2, 0.25) is 0 Å². The average Bonchev–Trinajstić information content (AvgIpc) is 2.66. The lowest BCUT2D eigenvalue weighted by molar-refractivity contribution is 0.473. The van der Waals surface area contributed by atoms with Gasteiger partial charge in [-0.2, -0.15) is 0 Å². The number of phenols is 1. The highest BCUT2D eigenvalue weighted by molar-refractivity contribution is 7.98. The first-order chi connectivity index (χ1) is 13.1. The van der Waals surface area contributed by atoms with Crippen molar-refractivity contribution in [1.82, 2.24) is 9.97 Å². The highest BCUT2D eigenvalue weighted by atomic mass is 32.2. The van der Waals surface area contributed by atoms with E-state index in [2.05, 4.69) is 9.97 Å². The summed E-state index contributed by atoms with van der Waals surface area (Å²) in [6.07, 6.45) is 0. The molecule has 0 fully saturated rings. The number of benzene rings is 2. The molecule has 0 amide bonds. The molecule has 27 heavy (non-hydrogen) atoms. The minimum atomic E-state index is -0.446. The summed E-state index contributed by atoms with van der Waals surface area (Å²) in [7, 11) is 0. The summed E-state index contributed by atoms with van der Waals surface area (Å²) < 4.78 is 5.18. The number of hydrogen-bond acceptors (Lipinski definition) is 6. The number of rotatable bonds is 4. The Labute approximate surface area is 159 Å². The molecule has 4 rings (SSSR count). The fourth-order valence-corrected chi connectivity index (χ4v) is 3.74. The second-order valence-electron chi connectivity index (χ2n) is 6.10. The fraction of sp³-hybridized carbons (Fsp3) is 0.0952. The zero-order valence-corrected chi connectivity index (χ0v) is 15.4. The van der Waals surface area contributed by atoms with Gasteiger partial charge in [0, 0.05) is 34.5 Å². The summed E-state index contributed by atoms with van der Waals surface area (Å²) in [6, 6.07) is 18.1. The lowest BCUT2D eigenvalue weighted by Gasteiger charge is -2.07. The van der Waals surface area contributed by atoms with E-state index < -0.39 is 5.63 Å². The zero-order chi connectivity index (χ0) is 18.8. The molecule has 5 nitrogen and oxygen atoms in total. The Balaban J connectivity index is 1.66. The van der Waals surface area contributed by atoms with E-state index in [1.165, 1.54) is 23.9 Å². The number of aromatic hydroxyl groups is 1. The van der Waals surface area contributed by atoms with E-state index in [0.29, 0.717) is 16.5 Å². The number of hydrogen-bond donors (Lipinski definition) is 1. The quantitative estimate of drug-likeness (QED) is 0.320. The van der Waals surface area contributed by atoms with Crippen LogP contribution in [0.5, 0.6) is 5.75 Å². The Kier molecular flexibility index (Phi) is 4.64. The number of aromatic nitrogens is 2. The molecule has 0 spiro atoms. The Hall–Kier alpha value is -3.12. The first kappa shape index (κ1) is 17.3. The standard InChI is InChI=1S/C21H16N2O3S/c1-13-9-18(14-5-3-2-4-6-14)23-21(22-13)27-12-15-10-20(25)26-19-11-16(24)7-8-17(15)19/h2-11,24H,12H2,1H3. The number of phenolic OH excluding ortho intramolecular Hbond substituents is 1. The van der Waals surface area contributed by atoms with Crippen LogP contribution in [0.15, 0.2) is 75.0 Å². The van der Waals surface area contributed by atoms with E-state index in [9.17, 15) is 9.90 Å². The third-order valence-electron chi connectivity index (χ3n) is 4.07. The van der Waals surface area contributed by atoms with Crippen LogP contribution < -0.4 is 5.63 Å². The summed E-state index contributed by atoms with van der Waals surface area (Å²) in [5, 5.41) is 11.0. The predicted octanol–water partition coefficient (Wildman–Crippen LogP) is 4.56. The van der Waals surface area contributed by atoms with Crippen molar-refractivity contribution in [2.45, 2.75) is 17.8 Å². The predicted molar refractivity (Wildman–Crippen MR) is 106 cm³/mol. The molecule has 2 aromatic heterocycles. The van der Waals surface area contributed by atoms with Crippen molar-refractivity contribution in [2.24, 2.45) is 0 Å². The van der Waals surface area contributed by atoms with Gasteiger partial charge in [-0.15, -0.1) is 0 Å². The van der Waals surface area contributed by atoms with Crippen molar-refractivity contribution in [2.75, 3.05) is 0 Å². The Morgan fingerprint density at radius 1 is 1.04 bits per heavy atom. The van der Waals surface area contributed by atoms with Crippen LogP contribution in [0.2, 0.25) is 0 Å². The van der Waals surface area contributed by atoms with Gasteiger partial charge in [0.25, 0.3) is 0 Å². The minimum Gasteiger partial charge on any atom is -0.508 e. The van der Waals surface area contributed by atoms with Gasteiger partial charge in [-0.25, -0.2) is 14.8 Å². The van der Waals surface area contributed by atoms with Crippen LogP contribution in [-0.2, 0) is 5.75 Å². The van der Waals surface area contributed by atoms with Crippen molar-refractivity contribution in [3.8, 4) is 17.0 Å². The van der Waals surface area contributed by atoms with Crippen LogP contribution in [0.4, 0.5) is 0 Å². The van der Waals surface area contributed by atoms with Crippen molar-refractivity contribution in [1.29, 1.82) is 0 Å². The molecule has 0 aliphatic rings. The van der Waals surface area contributed by atoms with Gasteiger partial charge in [0.1, 0.15) is 11.3 Å². The summed E-state index contributed by atoms with van der Waals surface area (Å²) in [5.74, 6) is 0.579. The second-order valence-corrected chi connectivity index (χ2v) is 7.05. The molecule has 2 aromatic carbocycles. The van der Waals surface area contributed by atoms with Gasteiger partial charge in [0.05, 0.1) is 5.69 Å². The van der Waals surface area contributed by atoms with Crippen LogP contribution in [0, 0.1) is 6.92 Å². The van der Waals surface area contributed by atoms with Gasteiger partial charge in [-0.3, -0.25) is 0 Å². The molecular weight excluding hydrogens is 360 g/mol. The molecule has 1 N–H and O–H groups in total. The minimum absolute atomic E-state index is 0.0602. The number of nitrogens with zero attached hydrogens (tertiary/aromatic N) is 2. The summed E-state index contributed by atoms with van der Waals surface area (Å²) in [6.45, 7) is 1.94. The van der Waals surface area contributed by atoms with Gasteiger partial charge >= 0.3 is 5.63 Å². The molecule has 0 saturated carbocycles. The molecule has 0 radical (unpaired) electrons. The van der Waals surface area contributed by atoms with E-state index in [-0.39, 0.29) is 5.75 Å². The maximum atomic E-state index is 11.8. The van der Waals surface area contributed by atoms with E-state index >= 15 is 0 Å². The molecule has 0 aliphatic carbocycles. The molecular formula is C21H16N2O3S. The van der Waals surface area contributed by atoms with Crippen LogP contribution in [0.3, 0.4) is 0 Å². The Morgan fingerprint density at radius 3 is 2.67 bits per heavy atom. The molecule has 134 valence electrons. The third-order valence-corrected chi connectivity index (χ3v) is 4.97. The largest absolute Gasteiger partial charge is 0.508 e. The third kappa shape index (κ3) is 3.85. The van der Waals surface area contributed by atoms with E-state index in [4.69, 9.17) is 4.42 Å². The van der Waals surface area contributed by atoms with Gasteiger partial charge < -0.3 is 9.52 Å². The first-order valence-electron chi connectivity index (χ1n) is 8.38. The fourth-order valence-electron chi connectivity index (χ4n) is 2.84. The van der Waals surface area contributed by atoms with Crippen molar-refractivity contribution >= 4 is 22.7 Å². The van der Waals surface area contributed by atoms with Crippen LogP contribution in [-0.4, -0.2) is 15.1 Å². The number of aryl methyl sites for hydroxylation is 1. The maximum Gasteiger partial charge on any atom is 0.336 e. The zero-order valence-electron chi connectivity index (χ0n) is 14.5. The maximum absolute atomic E-state index is 11.8. The molecule has 2 heterocycles. The van der Waals surface area contributed by atoms with Crippen molar-refractivity contribution < 1.29 is 9.52 Å². The Morgan fingerprint density at radius 2 is 1.85 bits per heavy atom. The molecule has 0 bridgehead atoms. The van der Waals surface area contributed by atoms with Crippen molar-refractivity contribution in [3.63, 3.8) is 0 Å². The lowest BCUT2D eigenvalue weighted by atomic mass is 10.1. The molecule has 6 heteroatoms. The highest BCUT2D eigenvalue weighted by Crippen LogP contribution is 2.28. The van der Waals surface area contributed by atoms with E-state index in [1.807, 2.05) is 43.3 Å². The van der Waals surface area contributed by atoms with E-state index in [1.54, 1.807) is 12.1 Å². The summed E-state index contributed by atoms with van der Waals surface area (Å²) >= 11 is 1.46. The smallest absolute Gasteiger partial charge is 0.336 e. The van der Waals surface area contributed by atoms with Gasteiger partial charge in [0.15, 0.2) is 5.16 Å².